The SMILES string of the molecule is CC1CCCC(NC(=O)CNC(=O)c2ccc3c(c2)OCO3)C1. The average Bonchev–Trinajstić information content (AvgIpc) is 3.00. The van der Waals surface area contributed by atoms with Crippen LogP contribution in [0.2, 0.25) is 0 Å². The van der Waals surface area contributed by atoms with Gasteiger partial charge in [0.15, 0.2) is 11.5 Å². The minimum absolute atomic E-state index is 0.0157. The molecule has 23 heavy (non-hydrogen) atoms. The second-order valence-electron chi connectivity index (χ2n) is 6.29. The third-order valence-electron chi connectivity index (χ3n) is 4.35. The molecule has 6 heteroatoms. The van der Waals surface area contributed by atoms with E-state index in [0.29, 0.717) is 23.0 Å². The molecular weight excluding hydrogens is 296 g/mol. The molecule has 1 fully saturated rings. The summed E-state index contributed by atoms with van der Waals surface area (Å²) in [5.41, 5.74) is 0.452. The lowest BCUT2D eigenvalue weighted by Gasteiger charge is -2.27. The first kappa shape index (κ1) is 15.6. The van der Waals surface area contributed by atoms with Crippen molar-refractivity contribution >= 4 is 11.8 Å². The first-order chi connectivity index (χ1) is 11.1. The lowest BCUT2D eigenvalue weighted by molar-refractivity contribution is -0.121. The summed E-state index contributed by atoms with van der Waals surface area (Å²) < 4.78 is 10.5. The molecule has 1 aliphatic carbocycles. The van der Waals surface area contributed by atoms with Crippen molar-refractivity contribution in [1.29, 1.82) is 0 Å². The topological polar surface area (TPSA) is 76.7 Å². The molecule has 2 aliphatic rings. The Morgan fingerprint density at radius 2 is 2.04 bits per heavy atom. The summed E-state index contributed by atoms with van der Waals surface area (Å²) in [6.45, 7) is 2.36. The van der Waals surface area contributed by atoms with Gasteiger partial charge in [0.1, 0.15) is 0 Å². The van der Waals surface area contributed by atoms with E-state index in [0.717, 1.165) is 19.3 Å². The molecule has 0 spiro atoms. The molecule has 2 unspecified atom stereocenters. The molecule has 0 radical (unpaired) electrons. The third-order valence-corrected chi connectivity index (χ3v) is 4.35. The van der Waals surface area contributed by atoms with Crippen LogP contribution in [0.15, 0.2) is 18.2 Å². The van der Waals surface area contributed by atoms with Crippen LogP contribution in [0.5, 0.6) is 11.5 Å². The van der Waals surface area contributed by atoms with Crippen molar-refractivity contribution in [1.82, 2.24) is 10.6 Å². The van der Waals surface area contributed by atoms with Gasteiger partial charge in [0.05, 0.1) is 6.54 Å². The second kappa shape index (κ2) is 6.89. The fourth-order valence-electron chi connectivity index (χ4n) is 3.14. The Morgan fingerprint density at radius 3 is 2.87 bits per heavy atom. The average molecular weight is 318 g/mol. The molecule has 1 heterocycles. The van der Waals surface area contributed by atoms with E-state index in [1.54, 1.807) is 18.2 Å². The first-order valence-corrected chi connectivity index (χ1v) is 8.09. The van der Waals surface area contributed by atoms with Crippen molar-refractivity contribution in [3.63, 3.8) is 0 Å². The third kappa shape index (κ3) is 3.94. The van der Waals surface area contributed by atoms with Crippen molar-refractivity contribution in [3.8, 4) is 11.5 Å². The Balaban J connectivity index is 1.47. The first-order valence-electron chi connectivity index (χ1n) is 8.09. The van der Waals surface area contributed by atoms with Crippen LogP contribution in [-0.2, 0) is 4.79 Å². The quantitative estimate of drug-likeness (QED) is 0.888. The monoisotopic (exact) mass is 318 g/mol. The van der Waals surface area contributed by atoms with Gasteiger partial charge < -0.3 is 20.1 Å². The highest BCUT2D eigenvalue weighted by Crippen LogP contribution is 2.32. The smallest absolute Gasteiger partial charge is 0.251 e. The lowest BCUT2D eigenvalue weighted by atomic mass is 9.87. The van der Waals surface area contributed by atoms with E-state index in [2.05, 4.69) is 17.6 Å². The molecule has 3 rings (SSSR count). The molecule has 1 aliphatic heterocycles. The van der Waals surface area contributed by atoms with Crippen LogP contribution in [0.4, 0.5) is 0 Å². The number of hydrogen-bond donors (Lipinski definition) is 2. The number of benzene rings is 1. The van der Waals surface area contributed by atoms with E-state index in [1.165, 1.54) is 6.42 Å². The molecule has 6 nitrogen and oxygen atoms in total. The van der Waals surface area contributed by atoms with Crippen molar-refractivity contribution < 1.29 is 19.1 Å². The Labute approximate surface area is 135 Å². The standard InChI is InChI=1S/C17H22N2O4/c1-11-3-2-4-13(7-11)19-16(20)9-18-17(21)12-5-6-14-15(8-12)23-10-22-14/h5-6,8,11,13H,2-4,7,9-10H2,1H3,(H,18,21)(H,19,20). The van der Waals surface area contributed by atoms with Crippen molar-refractivity contribution in [2.75, 3.05) is 13.3 Å². The molecule has 0 saturated heterocycles. The van der Waals surface area contributed by atoms with E-state index in [9.17, 15) is 9.59 Å². The summed E-state index contributed by atoms with van der Waals surface area (Å²) in [7, 11) is 0. The Morgan fingerprint density at radius 1 is 1.22 bits per heavy atom. The number of carbonyl (C=O) groups is 2. The highest BCUT2D eigenvalue weighted by Gasteiger charge is 2.21. The van der Waals surface area contributed by atoms with E-state index in [1.807, 2.05) is 0 Å². The predicted molar refractivity (Wildman–Crippen MR) is 84.5 cm³/mol. The van der Waals surface area contributed by atoms with Crippen molar-refractivity contribution in [3.05, 3.63) is 23.8 Å². The normalized spacial score (nSPS) is 22.5. The number of rotatable bonds is 4. The molecule has 1 aromatic rings. The summed E-state index contributed by atoms with van der Waals surface area (Å²) in [5, 5.41) is 5.64. The summed E-state index contributed by atoms with van der Waals surface area (Å²) in [4.78, 5) is 24.1. The maximum Gasteiger partial charge on any atom is 0.251 e. The number of carbonyl (C=O) groups excluding carboxylic acids is 2. The summed E-state index contributed by atoms with van der Waals surface area (Å²) >= 11 is 0. The zero-order valence-electron chi connectivity index (χ0n) is 13.3. The van der Waals surface area contributed by atoms with E-state index in [4.69, 9.17) is 9.47 Å². The van der Waals surface area contributed by atoms with Gasteiger partial charge in [0.25, 0.3) is 5.91 Å². The van der Waals surface area contributed by atoms with Crippen molar-refractivity contribution in [2.45, 2.75) is 38.6 Å². The number of amides is 2. The van der Waals surface area contributed by atoms with E-state index >= 15 is 0 Å². The van der Waals surface area contributed by atoms with Gasteiger partial charge >= 0.3 is 0 Å². The molecule has 124 valence electrons. The second-order valence-corrected chi connectivity index (χ2v) is 6.29. The number of nitrogens with one attached hydrogen (secondary N) is 2. The maximum absolute atomic E-state index is 12.1. The fraction of sp³-hybridized carbons (Fsp3) is 0.529. The van der Waals surface area contributed by atoms with Crippen LogP contribution >= 0.6 is 0 Å². The van der Waals surface area contributed by atoms with Crippen LogP contribution < -0.4 is 20.1 Å². The predicted octanol–water partition coefficient (Wildman–Crippen LogP) is 1.84. The van der Waals surface area contributed by atoms with Gasteiger partial charge in [-0.25, -0.2) is 0 Å². The molecule has 2 atom stereocenters. The lowest BCUT2D eigenvalue weighted by Crippen LogP contribution is -2.43. The zero-order chi connectivity index (χ0) is 16.2. The summed E-state index contributed by atoms with van der Waals surface area (Å²) in [5.74, 6) is 1.40. The van der Waals surface area contributed by atoms with Gasteiger partial charge in [-0.1, -0.05) is 19.8 Å². The molecule has 2 amide bonds. The molecule has 0 aromatic heterocycles. The highest BCUT2D eigenvalue weighted by atomic mass is 16.7. The van der Waals surface area contributed by atoms with Gasteiger partial charge in [0, 0.05) is 11.6 Å². The van der Waals surface area contributed by atoms with Gasteiger partial charge in [0.2, 0.25) is 12.7 Å². The zero-order valence-corrected chi connectivity index (χ0v) is 13.3. The molecule has 0 bridgehead atoms. The minimum atomic E-state index is -0.296. The Bertz CT molecular complexity index is 602. The maximum atomic E-state index is 12.1. The molecular formula is C17H22N2O4. The molecule has 1 aromatic carbocycles. The van der Waals surface area contributed by atoms with Gasteiger partial charge in [-0.15, -0.1) is 0 Å². The number of hydrogen-bond acceptors (Lipinski definition) is 4. The van der Waals surface area contributed by atoms with Crippen LogP contribution in [0.25, 0.3) is 0 Å². The van der Waals surface area contributed by atoms with Crippen LogP contribution in [0, 0.1) is 5.92 Å². The number of ether oxygens (including phenoxy) is 2. The van der Waals surface area contributed by atoms with Crippen molar-refractivity contribution in [2.24, 2.45) is 5.92 Å². The van der Waals surface area contributed by atoms with E-state index in [-0.39, 0.29) is 31.2 Å². The van der Waals surface area contributed by atoms with Crippen LogP contribution in [-0.4, -0.2) is 31.2 Å². The minimum Gasteiger partial charge on any atom is -0.454 e. The summed E-state index contributed by atoms with van der Waals surface area (Å²) in [6.07, 6.45) is 4.41. The van der Waals surface area contributed by atoms with E-state index < -0.39 is 0 Å². The van der Waals surface area contributed by atoms with Crippen LogP contribution in [0.3, 0.4) is 0 Å². The van der Waals surface area contributed by atoms with Crippen LogP contribution in [0.1, 0.15) is 43.0 Å². The highest BCUT2D eigenvalue weighted by molar-refractivity contribution is 5.97. The summed E-state index contributed by atoms with van der Waals surface area (Å²) in [6, 6.07) is 5.21. The molecule has 2 N–H and O–H groups in total. The van der Waals surface area contributed by atoms with Gasteiger partial charge in [-0.05, 0) is 37.0 Å². The molecule has 1 saturated carbocycles. The Hall–Kier alpha value is -2.24. The largest absolute Gasteiger partial charge is 0.454 e. The fourth-order valence-corrected chi connectivity index (χ4v) is 3.14. The van der Waals surface area contributed by atoms with Gasteiger partial charge in [-0.2, -0.15) is 0 Å². The number of fused-ring (bicyclic) bond motifs is 1. The van der Waals surface area contributed by atoms with Gasteiger partial charge in [-0.3, -0.25) is 9.59 Å². The Kier molecular flexibility index (Phi) is 4.69.